The van der Waals surface area contributed by atoms with Gasteiger partial charge in [-0.15, -0.1) is 0 Å². The van der Waals surface area contributed by atoms with E-state index in [0.29, 0.717) is 12.8 Å². The minimum Gasteiger partial charge on any atom is -0.462 e. The van der Waals surface area contributed by atoms with Crippen molar-refractivity contribution in [3.8, 4) is 0 Å². The number of hydrogen-bond acceptors (Lipinski definition) is 12. The summed E-state index contributed by atoms with van der Waals surface area (Å²) in [7, 11) is -5.15. The molecular weight excluding hydrogens is 876 g/mol. The number of carbonyl (C=O) groups is 2. The Labute approximate surface area is 402 Å². The summed E-state index contributed by atoms with van der Waals surface area (Å²) in [5.74, 6) is -1.26. The summed E-state index contributed by atoms with van der Waals surface area (Å²) in [6.07, 6.45) is 44.6. The molecule has 0 spiro atoms. The van der Waals surface area contributed by atoms with Crippen molar-refractivity contribution < 1.29 is 63.1 Å². The van der Waals surface area contributed by atoms with E-state index in [1.54, 1.807) is 12.2 Å². The molecule has 1 fully saturated rings. The van der Waals surface area contributed by atoms with Gasteiger partial charge < -0.3 is 39.9 Å². The molecule has 1 saturated carbocycles. The first-order valence-corrected chi connectivity index (χ1v) is 26.2. The lowest BCUT2D eigenvalue weighted by Crippen LogP contribution is -2.64. The fraction of sp³-hybridized carbons (Fsp3) is 0.623. The Morgan fingerprint density at radius 3 is 1.30 bits per heavy atom. The number of unbranched alkanes of at least 4 members (excludes halogenated alkanes) is 10. The molecule has 0 aromatic rings. The van der Waals surface area contributed by atoms with Gasteiger partial charge in [0.05, 0.1) is 13.0 Å². The highest BCUT2D eigenvalue weighted by molar-refractivity contribution is 7.47. The van der Waals surface area contributed by atoms with Gasteiger partial charge in [-0.05, 0) is 77.0 Å². The monoisotopic (exact) mass is 961 g/mol. The standard InChI is InChI=1S/C53H85O13P/c1-3-5-7-9-11-13-15-17-19-20-21-22-23-24-25-26-28-29-31-33-35-37-39-41-46(54)63-43-45(44-64-67(61,62)66-53-51(59)49(57)48(56)50(58)52(53)60)65-47(55)42-40-38-36-34-32-30-27-18-16-14-12-10-8-6-4-2/h5-8,11-14,17-19,21-22,27,32,34,38,40,45,48-53,56-60H,3-4,9-10,15-16,20,23-26,28-31,33,35-37,39,41-44H2,1-2H3,(H,61,62)/b7-5-,8-6-,13-11-,14-12-,19-17-,22-21-,27-18-,34-32-,40-38-. The quantitative estimate of drug-likeness (QED) is 0.0147. The molecule has 0 amide bonds. The average molecular weight is 961 g/mol. The number of rotatable bonds is 39. The number of esters is 2. The van der Waals surface area contributed by atoms with Crippen LogP contribution in [0.2, 0.25) is 0 Å². The van der Waals surface area contributed by atoms with Crippen LogP contribution < -0.4 is 0 Å². The van der Waals surface area contributed by atoms with Crippen LogP contribution >= 0.6 is 7.82 Å². The smallest absolute Gasteiger partial charge is 0.462 e. The molecule has 0 aliphatic heterocycles. The molecule has 0 bridgehead atoms. The van der Waals surface area contributed by atoms with Crippen LogP contribution in [0.1, 0.15) is 155 Å². The topological polar surface area (TPSA) is 210 Å². The van der Waals surface area contributed by atoms with Crippen molar-refractivity contribution >= 4 is 19.8 Å². The van der Waals surface area contributed by atoms with Crippen LogP contribution in [-0.2, 0) is 32.7 Å². The van der Waals surface area contributed by atoms with Crippen molar-refractivity contribution in [2.45, 2.75) is 198 Å². The van der Waals surface area contributed by atoms with E-state index >= 15 is 0 Å². The van der Waals surface area contributed by atoms with Gasteiger partial charge in [0.1, 0.15) is 43.2 Å². The van der Waals surface area contributed by atoms with Crippen LogP contribution in [-0.4, -0.2) is 98.3 Å². The van der Waals surface area contributed by atoms with Gasteiger partial charge in [0.2, 0.25) is 0 Å². The number of aliphatic hydroxyl groups is 5. The first kappa shape index (κ1) is 61.5. The average Bonchev–Trinajstić information content (AvgIpc) is 3.31. The number of hydrogen-bond donors (Lipinski definition) is 6. The Balaban J connectivity index is 2.44. The van der Waals surface area contributed by atoms with Crippen LogP contribution in [0, 0.1) is 0 Å². The number of phosphoric ester groups is 1. The minimum atomic E-state index is -5.15. The van der Waals surface area contributed by atoms with Gasteiger partial charge in [-0.25, -0.2) is 4.57 Å². The van der Waals surface area contributed by atoms with E-state index in [2.05, 4.69) is 98.9 Å². The van der Waals surface area contributed by atoms with E-state index < -0.39 is 75.7 Å². The van der Waals surface area contributed by atoms with E-state index in [0.717, 1.165) is 83.5 Å². The maximum absolute atomic E-state index is 12.8. The second kappa shape index (κ2) is 41.5. The predicted octanol–water partition coefficient (Wildman–Crippen LogP) is 10.4. The van der Waals surface area contributed by atoms with E-state index in [9.17, 15) is 44.6 Å². The number of allylic oxidation sites excluding steroid dienone is 17. The minimum absolute atomic E-state index is 0.135. The molecule has 6 unspecified atom stereocenters. The zero-order valence-corrected chi connectivity index (χ0v) is 41.3. The van der Waals surface area contributed by atoms with Crippen molar-refractivity contribution in [1.29, 1.82) is 0 Å². The Hall–Kier alpha value is -3.49. The lowest BCUT2D eigenvalue weighted by atomic mass is 9.85. The first-order chi connectivity index (χ1) is 32.4. The zero-order chi connectivity index (χ0) is 49.2. The van der Waals surface area contributed by atoms with E-state index in [4.69, 9.17) is 18.5 Å². The number of phosphoric acid groups is 1. The van der Waals surface area contributed by atoms with E-state index in [-0.39, 0.29) is 12.8 Å². The highest BCUT2D eigenvalue weighted by Crippen LogP contribution is 2.47. The molecule has 0 radical (unpaired) electrons. The number of carbonyl (C=O) groups excluding carboxylic acids is 2. The van der Waals surface area contributed by atoms with Crippen LogP contribution in [0.25, 0.3) is 0 Å². The molecule has 13 nitrogen and oxygen atoms in total. The Kier molecular flexibility index (Phi) is 38.1. The fourth-order valence-electron chi connectivity index (χ4n) is 6.76. The maximum atomic E-state index is 12.8. The Morgan fingerprint density at radius 1 is 0.478 bits per heavy atom. The fourth-order valence-corrected chi connectivity index (χ4v) is 7.74. The zero-order valence-electron chi connectivity index (χ0n) is 40.4. The molecule has 1 aliphatic carbocycles. The first-order valence-electron chi connectivity index (χ1n) is 24.7. The molecule has 6 atom stereocenters. The Bertz CT molecular complexity index is 1580. The van der Waals surface area contributed by atoms with Gasteiger partial charge in [-0.2, -0.15) is 0 Å². The molecule has 14 heteroatoms. The second-order valence-electron chi connectivity index (χ2n) is 16.6. The number of aliphatic hydroxyl groups excluding tert-OH is 5. The lowest BCUT2D eigenvalue weighted by Gasteiger charge is -2.41. The third-order valence-electron chi connectivity index (χ3n) is 10.6. The van der Waals surface area contributed by atoms with Crippen molar-refractivity contribution in [3.05, 3.63) is 109 Å². The molecule has 0 heterocycles. The summed E-state index contributed by atoms with van der Waals surface area (Å²) in [6.45, 7) is 2.98. The largest absolute Gasteiger partial charge is 0.472 e. The third-order valence-corrected chi connectivity index (χ3v) is 11.6. The van der Waals surface area contributed by atoms with Crippen molar-refractivity contribution in [3.63, 3.8) is 0 Å². The van der Waals surface area contributed by atoms with Gasteiger partial charge in [0.15, 0.2) is 6.10 Å². The van der Waals surface area contributed by atoms with Gasteiger partial charge >= 0.3 is 19.8 Å². The SMILES string of the molecule is CC/C=C\C/C=C\C/C=C\C/C=C\C/C=C\CC(=O)OC(COC(=O)CCCCCCCCCCCC/C=C\C/C=C\C/C=C\C/C=C\CC)COP(=O)(O)OC1C(O)C(O)C(O)C(O)C1O. The summed E-state index contributed by atoms with van der Waals surface area (Å²) < 4.78 is 33.4. The predicted molar refractivity (Wildman–Crippen MR) is 267 cm³/mol. The van der Waals surface area contributed by atoms with E-state index in [1.807, 2.05) is 12.2 Å². The highest BCUT2D eigenvalue weighted by Gasteiger charge is 2.51. The normalized spacial score (nSPS) is 22.1. The maximum Gasteiger partial charge on any atom is 0.472 e. The van der Waals surface area contributed by atoms with E-state index in [1.165, 1.54) is 32.1 Å². The summed E-state index contributed by atoms with van der Waals surface area (Å²) in [5, 5.41) is 50.2. The molecule has 0 saturated heterocycles. The molecule has 0 aromatic carbocycles. The summed E-state index contributed by atoms with van der Waals surface area (Å²) >= 11 is 0. The summed E-state index contributed by atoms with van der Waals surface area (Å²) in [6, 6.07) is 0. The molecule has 67 heavy (non-hydrogen) atoms. The van der Waals surface area contributed by atoms with Gasteiger partial charge in [-0.1, -0.05) is 175 Å². The van der Waals surface area contributed by atoms with Crippen LogP contribution in [0.3, 0.4) is 0 Å². The van der Waals surface area contributed by atoms with Crippen LogP contribution in [0.5, 0.6) is 0 Å². The molecule has 1 aliphatic rings. The van der Waals surface area contributed by atoms with Crippen LogP contribution in [0.4, 0.5) is 0 Å². The molecule has 6 N–H and O–H groups in total. The lowest BCUT2D eigenvalue weighted by molar-refractivity contribution is -0.220. The van der Waals surface area contributed by atoms with Gasteiger partial charge in [-0.3, -0.25) is 18.6 Å². The molecular formula is C53H85O13P. The highest BCUT2D eigenvalue weighted by atomic mass is 31.2. The van der Waals surface area contributed by atoms with Crippen LogP contribution in [0.15, 0.2) is 109 Å². The second-order valence-corrected chi connectivity index (χ2v) is 18.0. The van der Waals surface area contributed by atoms with Gasteiger partial charge in [0.25, 0.3) is 0 Å². The van der Waals surface area contributed by atoms with Gasteiger partial charge in [0, 0.05) is 6.42 Å². The van der Waals surface area contributed by atoms with Crippen molar-refractivity contribution in [1.82, 2.24) is 0 Å². The number of ether oxygens (including phenoxy) is 2. The molecule has 1 rings (SSSR count). The van der Waals surface area contributed by atoms with Crippen molar-refractivity contribution in [2.24, 2.45) is 0 Å². The Morgan fingerprint density at radius 2 is 0.851 bits per heavy atom. The summed E-state index contributed by atoms with van der Waals surface area (Å²) in [4.78, 5) is 35.7. The summed E-state index contributed by atoms with van der Waals surface area (Å²) in [5.41, 5.74) is 0. The molecule has 0 aromatic heterocycles. The third kappa shape index (κ3) is 33.6. The van der Waals surface area contributed by atoms with Crippen molar-refractivity contribution in [2.75, 3.05) is 13.2 Å². The molecule has 380 valence electrons.